The SMILES string of the molecule is CS(=O)(=O)Nc1cccc(NC(=O)Cn2cnc(-c3ccco3)cc2=O)c1. The molecule has 0 spiro atoms. The molecule has 0 aliphatic heterocycles. The fourth-order valence-corrected chi connectivity index (χ4v) is 2.89. The summed E-state index contributed by atoms with van der Waals surface area (Å²) in [5, 5.41) is 2.61. The molecule has 0 radical (unpaired) electrons. The standard InChI is InChI=1S/C17H16N4O5S/c1-27(24,25)20-13-5-2-4-12(8-13)19-16(22)10-21-11-18-14(9-17(21)23)15-6-3-7-26-15/h2-9,11,20H,10H2,1H3,(H,19,22). The fraction of sp³-hybridized carbons (Fsp3) is 0.118. The summed E-state index contributed by atoms with van der Waals surface area (Å²) in [5.41, 5.74) is 0.680. The van der Waals surface area contributed by atoms with Crippen LogP contribution in [0, 0.1) is 0 Å². The van der Waals surface area contributed by atoms with Gasteiger partial charge in [0.15, 0.2) is 5.76 Å². The molecule has 0 unspecified atom stereocenters. The fourth-order valence-electron chi connectivity index (χ4n) is 2.33. The average molecular weight is 388 g/mol. The number of nitrogens with one attached hydrogen (secondary N) is 2. The highest BCUT2D eigenvalue weighted by Gasteiger charge is 2.09. The lowest BCUT2D eigenvalue weighted by Gasteiger charge is -2.09. The lowest BCUT2D eigenvalue weighted by molar-refractivity contribution is -0.116. The van der Waals surface area contributed by atoms with Crippen molar-refractivity contribution in [1.29, 1.82) is 0 Å². The van der Waals surface area contributed by atoms with Gasteiger partial charge in [0.25, 0.3) is 5.56 Å². The molecule has 9 nitrogen and oxygen atoms in total. The summed E-state index contributed by atoms with van der Waals surface area (Å²) in [6, 6.07) is 10.9. The molecule has 2 aromatic heterocycles. The molecule has 3 rings (SSSR count). The van der Waals surface area contributed by atoms with Gasteiger partial charge in [-0.15, -0.1) is 0 Å². The lowest BCUT2D eigenvalue weighted by Crippen LogP contribution is -2.27. The third kappa shape index (κ3) is 5.05. The third-order valence-electron chi connectivity index (χ3n) is 3.42. The van der Waals surface area contributed by atoms with E-state index < -0.39 is 21.5 Å². The number of hydrogen-bond acceptors (Lipinski definition) is 6. The Hall–Kier alpha value is -3.40. The molecular weight excluding hydrogens is 372 g/mol. The second-order valence-corrected chi connectivity index (χ2v) is 7.47. The van der Waals surface area contributed by atoms with Crippen molar-refractivity contribution in [3.05, 3.63) is 65.4 Å². The first-order valence-electron chi connectivity index (χ1n) is 7.78. The van der Waals surface area contributed by atoms with E-state index in [0.717, 1.165) is 10.8 Å². The maximum Gasteiger partial charge on any atom is 0.254 e. The molecular formula is C17H16N4O5S. The van der Waals surface area contributed by atoms with Crippen molar-refractivity contribution in [2.45, 2.75) is 6.54 Å². The van der Waals surface area contributed by atoms with E-state index >= 15 is 0 Å². The van der Waals surface area contributed by atoms with Gasteiger partial charge in [0.2, 0.25) is 15.9 Å². The van der Waals surface area contributed by atoms with Gasteiger partial charge in [0, 0.05) is 11.8 Å². The second kappa shape index (κ2) is 7.46. The monoisotopic (exact) mass is 388 g/mol. The predicted molar refractivity (Wildman–Crippen MR) is 99.7 cm³/mol. The van der Waals surface area contributed by atoms with Crippen LogP contribution in [0.15, 0.2) is 64.3 Å². The Bertz CT molecular complexity index is 1120. The van der Waals surface area contributed by atoms with Crippen LogP contribution in [0.4, 0.5) is 11.4 Å². The first-order chi connectivity index (χ1) is 12.8. The van der Waals surface area contributed by atoms with E-state index in [9.17, 15) is 18.0 Å². The Kier molecular flexibility index (Phi) is 5.08. The molecule has 1 amide bonds. The molecule has 0 aliphatic rings. The smallest absolute Gasteiger partial charge is 0.254 e. The van der Waals surface area contributed by atoms with Crippen LogP contribution in [0.3, 0.4) is 0 Å². The third-order valence-corrected chi connectivity index (χ3v) is 4.02. The largest absolute Gasteiger partial charge is 0.463 e. The molecule has 2 heterocycles. The van der Waals surface area contributed by atoms with Crippen molar-refractivity contribution < 1.29 is 17.6 Å². The van der Waals surface area contributed by atoms with Gasteiger partial charge in [-0.1, -0.05) is 6.07 Å². The normalized spacial score (nSPS) is 11.1. The quantitative estimate of drug-likeness (QED) is 0.660. The topological polar surface area (TPSA) is 123 Å². The van der Waals surface area contributed by atoms with Crippen molar-refractivity contribution in [2.75, 3.05) is 16.3 Å². The summed E-state index contributed by atoms with van der Waals surface area (Å²) < 4.78 is 31.2. The molecule has 0 atom stereocenters. The molecule has 3 aromatic rings. The molecule has 2 N–H and O–H groups in total. The molecule has 0 saturated heterocycles. The summed E-state index contributed by atoms with van der Waals surface area (Å²) in [4.78, 5) is 28.5. The Morgan fingerprint density at radius 1 is 1.19 bits per heavy atom. The van der Waals surface area contributed by atoms with Crippen molar-refractivity contribution in [1.82, 2.24) is 9.55 Å². The molecule has 140 valence electrons. The van der Waals surface area contributed by atoms with Crippen LogP contribution in [-0.2, 0) is 21.4 Å². The average Bonchev–Trinajstić information content (AvgIpc) is 3.10. The first-order valence-corrected chi connectivity index (χ1v) is 9.67. The lowest BCUT2D eigenvalue weighted by atomic mass is 10.3. The van der Waals surface area contributed by atoms with Gasteiger partial charge < -0.3 is 9.73 Å². The summed E-state index contributed by atoms with van der Waals surface area (Å²) in [6.07, 6.45) is 3.77. The van der Waals surface area contributed by atoms with Crippen LogP contribution in [0.1, 0.15) is 0 Å². The Morgan fingerprint density at radius 2 is 1.96 bits per heavy atom. The van der Waals surface area contributed by atoms with E-state index in [1.165, 1.54) is 24.7 Å². The summed E-state index contributed by atoms with van der Waals surface area (Å²) in [6.45, 7) is -0.242. The van der Waals surface area contributed by atoms with E-state index in [-0.39, 0.29) is 6.54 Å². The number of hydrogen-bond donors (Lipinski definition) is 2. The van der Waals surface area contributed by atoms with Crippen LogP contribution >= 0.6 is 0 Å². The number of carbonyl (C=O) groups excluding carboxylic acids is 1. The minimum Gasteiger partial charge on any atom is -0.463 e. The van der Waals surface area contributed by atoms with E-state index in [2.05, 4.69) is 15.0 Å². The maximum atomic E-state index is 12.2. The number of nitrogens with zero attached hydrogens (tertiary/aromatic N) is 2. The van der Waals surface area contributed by atoms with Crippen molar-refractivity contribution >= 4 is 27.3 Å². The van der Waals surface area contributed by atoms with Gasteiger partial charge in [0.05, 0.1) is 24.5 Å². The Balaban J connectivity index is 1.69. The Morgan fingerprint density at radius 3 is 2.63 bits per heavy atom. The molecule has 0 bridgehead atoms. The van der Waals surface area contributed by atoms with Gasteiger partial charge in [0.1, 0.15) is 12.2 Å². The Labute approximate surface area is 154 Å². The van der Waals surface area contributed by atoms with Crippen LogP contribution in [0.25, 0.3) is 11.5 Å². The molecule has 27 heavy (non-hydrogen) atoms. The van der Waals surface area contributed by atoms with E-state index in [1.807, 2.05) is 0 Å². The number of rotatable bonds is 6. The van der Waals surface area contributed by atoms with Gasteiger partial charge in [-0.2, -0.15) is 0 Å². The van der Waals surface area contributed by atoms with E-state index in [1.54, 1.807) is 30.3 Å². The predicted octanol–water partition coefficient (Wildman–Crippen LogP) is 1.51. The molecule has 1 aromatic carbocycles. The zero-order valence-corrected chi connectivity index (χ0v) is 15.1. The van der Waals surface area contributed by atoms with Gasteiger partial charge in [-0.25, -0.2) is 13.4 Å². The zero-order chi connectivity index (χ0) is 19.4. The number of carbonyl (C=O) groups is 1. The van der Waals surface area contributed by atoms with Crippen molar-refractivity contribution in [3.63, 3.8) is 0 Å². The van der Waals surface area contributed by atoms with E-state index in [0.29, 0.717) is 22.8 Å². The highest BCUT2D eigenvalue weighted by molar-refractivity contribution is 7.92. The minimum absolute atomic E-state index is 0.242. The molecule has 0 saturated carbocycles. The van der Waals surface area contributed by atoms with Crippen LogP contribution in [0.5, 0.6) is 0 Å². The van der Waals surface area contributed by atoms with Gasteiger partial charge >= 0.3 is 0 Å². The number of aromatic nitrogens is 2. The van der Waals surface area contributed by atoms with Crippen LogP contribution in [-0.4, -0.2) is 30.1 Å². The number of furan rings is 1. The summed E-state index contributed by atoms with van der Waals surface area (Å²) >= 11 is 0. The maximum absolute atomic E-state index is 12.2. The van der Waals surface area contributed by atoms with Crippen molar-refractivity contribution in [2.24, 2.45) is 0 Å². The second-order valence-electron chi connectivity index (χ2n) is 5.72. The molecule has 0 fully saturated rings. The number of amides is 1. The molecule has 10 heteroatoms. The first kappa shape index (κ1) is 18.4. The number of sulfonamides is 1. The van der Waals surface area contributed by atoms with Crippen molar-refractivity contribution in [3.8, 4) is 11.5 Å². The van der Waals surface area contributed by atoms with Crippen LogP contribution < -0.4 is 15.6 Å². The van der Waals surface area contributed by atoms with Crippen LogP contribution in [0.2, 0.25) is 0 Å². The highest BCUT2D eigenvalue weighted by atomic mass is 32.2. The van der Waals surface area contributed by atoms with Gasteiger partial charge in [-0.05, 0) is 30.3 Å². The summed E-state index contributed by atoms with van der Waals surface area (Å²) in [7, 11) is -3.42. The molecule has 0 aliphatic carbocycles. The number of anilines is 2. The zero-order valence-electron chi connectivity index (χ0n) is 14.2. The van der Waals surface area contributed by atoms with Gasteiger partial charge in [-0.3, -0.25) is 18.9 Å². The number of benzene rings is 1. The van der Waals surface area contributed by atoms with E-state index in [4.69, 9.17) is 4.42 Å². The summed E-state index contributed by atoms with van der Waals surface area (Å²) in [5.74, 6) is 0.0000437. The minimum atomic E-state index is -3.42. The highest BCUT2D eigenvalue weighted by Crippen LogP contribution is 2.16.